The smallest absolute Gasteiger partial charge is 0.240 e. The van der Waals surface area contributed by atoms with Gasteiger partial charge in [-0.1, -0.05) is 5.16 Å². The molecule has 1 aromatic heterocycles. The van der Waals surface area contributed by atoms with Gasteiger partial charge >= 0.3 is 0 Å². The lowest BCUT2D eigenvalue weighted by Gasteiger charge is -2.15. The van der Waals surface area contributed by atoms with E-state index in [0.29, 0.717) is 24.8 Å². The largest absolute Gasteiger partial charge is 0.353 e. The summed E-state index contributed by atoms with van der Waals surface area (Å²) in [6, 6.07) is 0.159. The standard InChI is InChI=1S/C10H18N4O2/c1-7(2)11-9(15)5-14(4)6-10-12-8(3)13-16-10/h7H,5-6H2,1-4H3,(H,11,15). The molecule has 0 saturated carbocycles. The van der Waals surface area contributed by atoms with Crippen molar-refractivity contribution in [3.8, 4) is 0 Å². The zero-order valence-corrected chi connectivity index (χ0v) is 10.1. The summed E-state index contributed by atoms with van der Waals surface area (Å²) in [5.41, 5.74) is 0. The zero-order chi connectivity index (χ0) is 12.1. The van der Waals surface area contributed by atoms with Gasteiger partial charge in [-0.2, -0.15) is 4.98 Å². The summed E-state index contributed by atoms with van der Waals surface area (Å²) < 4.78 is 4.96. The SMILES string of the molecule is Cc1noc(CN(C)CC(=O)NC(C)C)n1. The van der Waals surface area contributed by atoms with E-state index in [-0.39, 0.29) is 11.9 Å². The highest BCUT2D eigenvalue weighted by Gasteiger charge is 2.11. The summed E-state index contributed by atoms with van der Waals surface area (Å²) in [6.45, 7) is 6.42. The Bertz CT molecular complexity index is 348. The highest BCUT2D eigenvalue weighted by atomic mass is 16.5. The van der Waals surface area contributed by atoms with E-state index >= 15 is 0 Å². The summed E-state index contributed by atoms with van der Waals surface area (Å²) in [5.74, 6) is 1.13. The topological polar surface area (TPSA) is 71.3 Å². The average molecular weight is 226 g/mol. The van der Waals surface area contributed by atoms with Gasteiger partial charge < -0.3 is 9.84 Å². The number of hydrogen-bond acceptors (Lipinski definition) is 5. The molecule has 0 saturated heterocycles. The fourth-order valence-electron chi connectivity index (χ4n) is 1.30. The molecule has 1 heterocycles. The Kier molecular flexibility index (Phi) is 4.42. The first-order valence-electron chi connectivity index (χ1n) is 5.24. The Morgan fingerprint density at radius 1 is 1.56 bits per heavy atom. The molecular formula is C10H18N4O2. The normalized spacial score (nSPS) is 11.1. The van der Waals surface area contributed by atoms with Crippen LogP contribution >= 0.6 is 0 Å². The van der Waals surface area contributed by atoms with E-state index < -0.39 is 0 Å². The molecular weight excluding hydrogens is 208 g/mol. The second kappa shape index (κ2) is 5.60. The van der Waals surface area contributed by atoms with Crippen LogP contribution in [0.1, 0.15) is 25.6 Å². The van der Waals surface area contributed by atoms with Gasteiger partial charge in [0.2, 0.25) is 11.8 Å². The summed E-state index contributed by atoms with van der Waals surface area (Å²) in [5, 5.41) is 6.50. The third-order valence-electron chi connectivity index (χ3n) is 1.84. The first-order chi connectivity index (χ1) is 7.47. The summed E-state index contributed by atoms with van der Waals surface area (Å²) in [4.78, 5) is 17.3. The Balaban J connectivity index is 2.35. The number of carbonyl (C=O) groups excluding carboxylic acids is 1. The lowest BCUT2D eigenvalue weighted by molar-refractivity contribution is -0.122. The van der Waals surface area contributed by atoms with Crippen molar-refractivity contribution in [2.75, 3.05) is 13.6 Å². The maximum atomic E-state index is 11.4. The number of nitrogens with zero attached hydrogens (tertiary/aromatic N) is 3. The number of hydrogen-bond donors (Lipinski definition) is 1. The van der Waals surface area contributed by atoms with E-state index in [1.165, 1.54) is 0 Å². The van der Waals surface area contributed by atoms with Crippen molar-refractivity contribution < 1.29 is 9.32 Å². The van der Waals surface area contributed by atoms with Crippen molar-refractivity contribution in [3.63, 3.8) is 0 Å². The van der Waals surface area contributed by atoms with Gasteiger partial charge in [0, 0.05) is 6.04 Å². The third-order valence-corrected chi connectivity index (χ3v) is 1.84. The minimum Gasteiger partial charge on any atom is -0.353 e. The summed E-state index contributed by atoms with van der Waals surface area (Å²) in [7, 11) is 1.83. The van der Waals surface area contributed by atoms with Crippen LogP contribution in [0.15, 0.2) is 4.52 Å². The first kappa shape index (κ1) is 12.6. The van der Waals surface area contributed by atoms with Gasteiger partial charge in [-0.15, -0.1) is 0 Å². The third kappa shape index (κ3) is 4.39. The number of aryl methyl sites for hydroxylation is 1. The Labute approximate surface area is 95.0 Å². The number of aromatic nitrogens is 2. The summed E-state index contributed by atoms with van der Waals surface area (Å²) >= 11 is 0. The molecule has 0 unspecified atom stereocenters. The molecule has 0 radical (unpaired) electrons. The molecule has 1 rings (SSSR count). The maximum absolute atomic E-state index is 11.4. The molecule has 0 fully saturated rings. The van der Waals surface area contributed by atoms with E-state index in [0.717, 1.165) is 0 Å². The number of likely N-dealkylation sites (N-methyl/N-ethyl adjacent to an activating group) is 1. The van der Waals surface area contributed by atoms with Crippen LogP contribution in [0.3, 0.4) is 0 Å². The monoisotopic (exact) mass is 226 g/mol. The first-order valence-corrected chi connectivity index (χ1v) is 5.24. The van der Waals surface area contributed by atoms with Gasteiger partial charge in [-0.25, -0.2) is 0 Å². The number of amides is 1. The van der Waals surface area contributed by atoms with Crippen LogP contribution in [0.25, 0.3) is 0 Å². The van der Waals surface area contributed by atoms with E-state index in [9.17, 15) is 4.79 Å². The lowest BCUT2D eigenvalue weighted by atomic mass is 10.4. The summed E-state index contributed by atoms with van der Waals surface area (Å²) in [6.07, 6.45) is 0. The van der Waals surface area contributed by atoms with Crippen molar-refractivity contribution in [2.45, 2.75) is 33.4 Å². The number of rotatable bonds is 5. The van der Waals surface area contributed by atoms with Crippen LogP contribution in [-0.2, 0) is 11.3 Å². The number of carbonyl (C=O) groups is 1. The van der Waals surface area contributed by atoms with E-state index in [2.05, 4.69) is 15.5 Å². The van der Waals surface area contributed by atoms with E-state index in [1.807, 2.05) is 25.8 Å². The quantitative estimate of drug-likeness (QED) is 0.783. The fraction of sp³-hybridized carbons (Fsp3) is 0.700. The molecule has 16 heavy (non-hydrogen) atoms. The van der Waals surface area contributed by atoms with Gasteiger partial charge in [-0.3, -0.25) is 9.69 Å². The van der Waals surface area contributed by atoms with Gasteiger partial charge in [0.1, 0.15) is 0 Å². The molecule has 1 aromatic rings. The molecule has 0 bridgehead atoms. The molecule has 0 aliphatic rings. The molecule has 0 atom stereocenters. The van der Waals surface area contributed by atoms with Crippen LogP contribution in [0.4, 0.5) is 0 Å². The lowest BCUT2D eigenvalue weighted by Crippen LogP contribution is -2.38. The minimum absolute atomic E-state index is 0.00580. The Hall–Kier alpha value is -1.43. The highest BCUT2D eigenvalue weighted by molar-refractivity contribution is 5.78. The fourth-order valence-corrected chi connectivity index (χ4v) is 1.30. The maximum Gasteiger partial charge on any atom is 0.240 e. The van der Waals surface area contributed by atoms with Gasteiger partial charge in [0.15, 0.2) is 5.82 Å². The second-order valence-electron chi connectivity index (χ2n) is 4.13. The van der Waals surface area contributed by atoms with E-state index in [4.69, 9.17) is 4.52 Å². The zero-order valence-electron chi connectivity index (χ0n) is 10.1. The predicted molar refractivity (Wildman–Crippen MR) is 58.6 cm³/mol. The van der Waals surface area contributed by atoms with Gasteiger partial charge in [0.05, 0.1) is 13.1 Å². The van der Waals surface area contributed by atoms with Crippen LogP contribution in [0.2, 0.25) is 0 Å². The molecule has 0 aliphatic carbocycles. The van der Waals surface area contributed by atoms with Crippen molar-refractivity contribution in [2.24, 2.45) is 0 Å². The molecule has 6 nitrogen and oxygen atoms in total. The average Bonchev–Trinajstić information content (AvgIpc) is 2.48. The van der Waals surface area contributed by atoms with Crippen molar-refractivity contribution >= 4 is 5.91 Å². The second-order valence-corrected chi connectivity index (χ2v) is 4.13. The molecule has 0 aromatic carbocycles. The molecule has 90 valence electrons. The van der Waals surface area contributed by atoms with Gasteiger partial charge in [0.25, 0.3) is 0 Å². The Morgan fingerprint density at radius 3 is 2.75 bits per heavy atom. The predicted octanol–water partition coefficient (Wildman–Crippen LogP) is 0.334. The van der Waals surface area contributed by atoms with Crippen molar-refractivity contribution in [1.82, 2.24) is 20.4 Å². The highest BCUT2D eigenvalue weighted by Crippen LogP contribution is 1.99. The van der Waals surface area contributed by atoms with Crippen LogP contribution in [-0.4, -0.2) is 40.6 Å². The number of nitrogens with one attached hydrogen (secondary N) is 1. The van der Waals surface area contributed by atoms with Crippen molar-refractivity contribution in [1.29, 1.82) is 0 Å². The van der Waals surface area contributed by atoms with Crippen LogP contribution in [0, 0.1) is 6.92 Å². The molecule has 1 amide bonds. The molecule has 0 aliphatic heterocycles. The van der Waals surface area contributed by atoms with Crippen LogP contribution < -0.4 is 5.32 Å². The molecule has 0 spiro atoms. The Morgan fingerprint density at radius 2 is 2.25 bits per heavy atom. The molecule has 6 heteroatoms. The van der Waals surface area contributed by atoms with E-state index in [1.54, 1.807) is 6.92 Å². The minimum atomic E-state index is -0.00580. The van der Waals surface area contributed by atoms with Crippen LogP contribution in [0.5, 0.6) is 0 Å². The molecule has 1 N–H and O–H groups in total. The van der Waals surface area contributed by atoms with Crippen molar-refractivity contribution in [3.05, 3.63) is 11.7 Å². The van der Waals surface area contributed by atoms with Gasteiger partial charge in [-0.05, 0) is 27.8 Å².